The van der Waals surface area contributed by atoms with Crippen molar-refractivity contribution in [1.29, 1.82) is 0 Å². The molecule has 0 atom stereocenters. The van der Waals surface area contributed by atoms with Crippen LogP contribution in [0.5, 0.6) is 23.0 Å². The highest BCUT2D eigenvalue weighted by atomic mass is 16.7. The first kappa shape index (κ1) is 29.9. The molecule has 0 amide bonds. The Morgan fingerprint density at radius 1 is 0.364 bits per heavy atom. The number of hydrogen-bond donors (Lipinski definition) is 0. The van der Waals surface area contributed by atoms with E-state index in [2.05, 4.69) is 0 Å². The standard InChI is InChI=1S/C24H12N6O14/c31-25(32)15-3-7-23(19(11-15)29(39)40)43-21-5-1-13(9-17(21)27(35)36)14-2-6-22(18(10-14)28(37)38)44-24-8-4-16(26(33)34)12-20(24)30(41)42/h1-12H. The molecule has 44 heavy (non-hydrogen) atoms. The molecule has 0 fully saturated rings. The van der Waals surface area contributed by atoms with Gasteiger partial charge in [-0.05, 0) is 35.4 Å². The van der Waals surface area contributed by atoms with Gasteiger partial charge in [-0.3, -0.25) is 60.7 Å². The van der Waals surface area contributed by atoms with Gasteiger partial charge >= 0.3 is 22.7 Å². The molecule has 222 valence electrons. The predicted octanol–water partition coefficient (Wildman–Crippen LogP) is 6.39. The number of nitrogens with zero attached hydrogens (tertiary/aromatic N) is 6. The lowest BCUT2D eigenvalue weighted by atomic mass is 10.0. The van der Waals surface area contributed by atoms with Gasteiger partial charge in [0, 0.05) is 24.3 Å². The Balaban J connectivity index is 1.72. The first-order chi connectivity index (χ1) is 20.8. The molecule has 0 bridgehead atoms. The van der Waals surface area contributed by atoms with Crippen LogP contribution < -0.4 is 9.47 Å². The molecule has 0 saturated carbocycles. The van der Waals surface area contributed by atoms with Crippen molar-refractivity contribution < 1.29 is 39.0 Å². The van der Waals surface area contributed by atoms with Crippen LogP contribution in [0.25, 0.3) is 11.1 Å². The average molecular weight is 608 g/mol. The second-order valence-electron chi connectivity index (χ2n) is 8.42. The number of rotatable bonds is 11. The number of benzene rings is 4. The molecule has 0 aromatic heterocycles. The van der Waals surface area contributed by atoms with E-state index in [1.807, 2.05) is 0 Å². The van der Waals surface area contributed by atoms with Gasteiger partial charge < -0.3 is 9.47 Å². The minimum atomic E-state index is -0.976. The van der Waals surface area contributed by atoms with Crippen molar-refractivity contribution >= 4 is 34.1 Å². The minimum absolute atomic E-state index is 0.0400. The van der Waals surface area contributed by atoms with E-state index in [4.69, 9.17) is 9.47 Å². The molecule has 0 radical (unpaired) electrons. The normalized spacial score (nSPS) is 10.5. The summed E-state index contributed by atoms with van der Waals surface area (Å²) in [4.78, 5) is 62.9. The molecule has 0 unspecified atom stereocenters. The fourth-order valence-electron chi connectivity index (χ4n) is 3.79. The van der Waals surface area contributed by atoms with Crippen molar-refractivity contribution in [3.05, 3.63) is 133 Å². The van der Waals surface area contributed by atoms with Gasteiger partial charge in [-0.15, -0.1) is 0 Å². The maximum Gasteiger partial charge on any atom is 0.318 e. The van der Waals surface area contributed by atoms with Gasteiger partial charge in [-0.2, -0.15) is 0 Å². The summed E-state index contributed by atoms with van der Waals surface area (Å²) in [5.74, 6) is -2.05. The lowest BCUT2D eigenvalue weighted by molar-refractivity contribution is -0.395. The molecule has 0 aliphatic rings. The Hall–Kier alpha value is -7.12. The van der Waals surface area contributed by atoms with Crippen LogP contribution in [0.1, 0.15) is 0 Å². The van der Waals surface area contributed by atoms with Crippen molar-refractivity contribution in [3.63, 3.8) is 0 Å². The lowest BCUT2D eigenvalue weighted by Gasteiger charge is -2.10. The van der Waals surface area contributed by atoms with Crippen LogP contribution in [-0.2, 0) is 0 Å². The van der Waals surface area contributed by atoms with Crippen molar-refractivity contribution in [1.82, 2.24) is 0 Å². The molecule has 0 saturated heterocycles. The molecule has 20 heteroatoms. The summed E-state index contributed by atoms with van der Waals surface area (Å²) in [5.41, 5.74) is -4.28. The number of nitro benzene ring substituents is 6. The Bertz CT molecular complexity index is 1770. The van der Waals surface area contributed by atoms with Gasteiger partial charge in [0.2, 0.25) is 23.0 Å². The lowest BCUT2D eigenvalue weighted by Crippen LogP contribution is -1.99. The van der Waals surface area contributed by atoms with Crippen molar-refractivity contribution in [2.75, 3.05) is 0 Å². The highest BCUT2D eigenvalue weighted by Gasteiger charge is 2.27. The van der Waals surface area contributed by atoms with E-state index in [1.165, 1.54) is 12.1 Å². The van der Waals surface area contributed by atoms with Crippen LogP contribution in [0.4, 0.5) is 34.1 Å². The molecular formula is C24H12N6O14. The van der Waals surface area contributed by atoms with Gasteiger partial charge in [-0.25, -0.2) is 0 Å². The first-order valence-electron chi connectivity index (χ1n) is 11.6. The SMILES string of the molecule is O=[N+]([O-])c1ccc(Oc2ccc(-c3ccc(Oc4ccc([N+](=O)[O-])cc4[N+](=O)[O-])c([N+](=O)[O-])c3)cc2[N+](=O)[O-])c([N+](=O)[O-])c1. The Labute approximate surface area is 241 Å². The molecule has 0 heterocycles. The van der Waals surface area contributed by atoms with E-state index in [0.29, 0.717) is 12.1 Å². The van der Waals surface area contributed by atoms with Crippen LogP contribution in [0, 0.1) is 60.7 Å². The zero-order valence-corrected chi connectivity index (χ0v) is 21.3. The Kier molecular flexibility index (Phi) is 7.99. The largest absolute Gasteiger partial charge is 0.443 e. The predicted molar refractivity (Wildman–Crippen MR) is 145 cm³/mol. The highest BCUT2D eigenvalue weighted by Crippen LogP contribution is 2.42. The van der Waals surface area contributed by atoms with Gasteiger partial charge in [0.15, 0.2) is 0 Å². The molecule has 0 spiro atoms. The quantitative estimate of drug-likeness (QED) is 0.132. The molecule has 4 aromatic carbocycles. The molecule has 0 aliphatic carbocycles. The third kappa shape index (κ3) is 6.12. The first-order valence-corrected chi connectivity index (χ1v) is 11.6. The fourth-order valence-corrected chi connectivity index (χ4v) is 3.79. The topological polar surface area (TPSA) is 277 Å². The van der Waals surface area contributed by atoms with Crippen molar-refractivity contribution in [2.45, 2.75) is 0 Å². The van der Waals surface area contributed by atoms with Gasteiger partial charge in [0.25, 0.3) is 11.4 Å². The van der Waals surface area contributed by atoms with Crippen molar-refractivity contribution in [3.8, 4) is 34.1 Å². The smallest absolute Gasteiger partial charge is 0.318 e. The minimum Gasteiger partial charge on any atom is -0.443 e. The average Bonchev–Trinajstić information content (AvgIpc) is 2.97. The zero-order chi connectivity index (χ0) is 32.3. The van der Waals surface area contributed by atoms with Crippen LogP contribution >= 0.6 is 0 Å². The summed E-state index contributed by atoms with van der Waals surface area (Å²) < 4.78 is 10.7. The van der Waals surface area contributed by atoms with E-state index in [1.54, 1.807) is 0 Å². The van der Waals surface area contributed by atoms with E-state index < -0.39 is 86.7 Å². The summed E-state index contributed by atoms with van der Waals surface area (Å²) >= 11 is 0. The van der Waals surface area contributed by atoms with E-state index in [9.17, 15) is 60.7 Å². The maximum atomic E-state index is 11.8. The zero-order valence-electron chi connectivity index (χ0n) is 21.3. The summed E-state index contributed by atoms with van der Waals surface area (Å²) in [6.45, 7) is 0. The second kappa shape index (κ2) is 11.8. The van der Waals surface area contributed by atoms with Crippen LogP contribution in [0.15, 0.2) is 72.8 Å². The van der Waals surface area contributed by atoms with Crippen molar-refractivity contribution in [2.24, 2.45) is 0 Å². The summed E-state index contributed by atoms with van der Waals surface area (Å²) in [5, 5.41) is 68.4. The molecule has 20 nitrogen and oxygen atoms in total. The second-order valence-corrected chi connectivity index (χ2v) is 8.42. The Morgan fingerprint density at radius 3 is 0.909 bits per heavy atom. The fraction of sp³-hybridized carbons (Fsp3) is 0. The highest BCUT2D eigenvalue weighted by molar-refractivity contribution is 5.73. The van der Waals surface area contributed by atoms with Crippen LogP contribution in [0.3, 0.4) is 0 Å². The van der Waals surface area contributed by atoms with Gasteiger partial charge in [0.1, 0.15) is 0 Å². The maximum absolute atomic E-state index is 11.8. The summed E-state index contributed by atoms with van der Waals surface area (Å²) in [6, 6.07) is 11.3. The molecule has 0 aliphatic heterocycles. The van der Waals surface area contributed by atoms with Gasteiger partial charge in [-0.1, -0.05) is 12.1 Å². The van der Waals surface area contributed by atoms with Gasteiger partial charge in [0.05, 0.1) is 41.7 Å². The number of hydrogen-bond acceptors (Lipinski definition) is 14. The number of nitro groups is 6. The summed E-state index contributed by atoms with van der Waals surface area (Å²) in [6.07, 6.45) is 0. The third-order valence-electron chi connectivity index (χ3n) is 5.78. The molecular weight excluding hydrogens is 596 g/mol. The monoisotopic (exact) mass is 608 g/mol. The third-order valence-corrected chi connectivity index (χ3v) is 5.78. The summed E-state index contributed by atoms with van der Waals surface area (Å²) in [7, 11) is 0. The van der Waals surface area contributed by atoms with E-state index in [-0.39, 0.29) is 11.1 Å². The molecule has 4 rings (SSSR count). The van der Waals surface area contributed by atoms with Crippen LogP contribution in [-0.4, -0.2) is 29.5 Å². The number of non-ortho nitro benzene ring substituents is 2. The number of ether oxygens (including phenoxy) is 2. The van der Waals surface area contributed by atoms with Crippen LogP contribution in [0.2, 0.25) is 0 Å². The molecule has 0 N–H and O–H groups in total. The Morgan fingerprint density at radius 2 is 0.636 bits per heavy atom. The van der Waals surface area contributed by atoms with E-state index >= 15 is 0 Å². The molecule has 4 aromatic rings. The van der Waals surface area contributed by atoms with E-state index in [0.717, 1.165) is 48.5 Å².